The molecule has 4 rings (SSSR count). The van der Waals surface area contributed by atoms with E-state index in [1.807, 2.05) is 36.4 Å². The maximum absolute atomic E-state index is 12.8. The van der Waals surface area contributed by atoms with E-state index in [4.69, 9.17) is 21.1 Å². The Hall–Kier alpha value is -1.44. The number of furan rings is 1. The Morgan fingerprint density at radius 1 is 1.23 bits per heavy atom. The van der Waals surface area contributed by atoms with Gasteiger partial charge in [-0.05, 0) is 35.9 Å². The maximum Gasteiger partial charge on any atom is 0.135 e. The number of hydrogen-bond acceptors (Lipinski definition) is 5. The first kappa shape index (κ1) is 17.9. The van der Waals surface area contributed by atoms with Gasteiger partial charge >= 0.3 is 0 Å². The van der Waals surface area contributed by atoms with E-state index in [0.717, 1.165) is 40.6 Å². The molecule has 0 amide bonds. The highest BCUT2D eigenvalue weighted by molar-refractivity contribution is 7.84. The number of aliphatic hydroxyl groups is 1. The summed E-state index contributed by atoms with van der Waals surface area (Å²) in [6, 6.07) is 11.5. The highest BCUT2D eigenvalue weighted by Crippen LogP contribution is 2.31. The Morgan fingerprint density at radius 3 is 2.81 bits per heavy atom. The second-order valence-corrected chi connectivity index (χ2v) is 8.62. The van der Waals surface area contributed by atoms with Crippen LogP contribution in [0.25, 0.3) is 21.9 Å². The highest BCUT2D eigenvalue weighted by Gasteiger charge is 2.24. The monoisotopic (exact) mass is 392 g/mol. The van der Waals surface area contributed by atoms with Crippen molar-refractivity contribution >= 4 is 44.3 Å². The van der Waals surface area contributed by atoms with Gasteiger partial charge in [0.05, 0.1) is 17.7 Å². The molecule has 2 heterocycles. The van der Waals surface area contributed by atoms with Gasteiger partial charge in [-0.2, -0.15) is 0 Å². The number of hydrogen-bond donors (Lipinski definition) is 2. The van der Waals surface area contributed by atoms with E-state index in [0.29, 0.717) is 23.9 Å². The van der Waals surface area contributed by atoms with Crippen molar-refractivity contribution in [2.45, 2.75) is 11.1 Å². The molecule has 0 aliphatic carbocycles. The second kappa shape index (κ2) is 7.66. The normalized spacial score (nSPS) is 20.0. The predicted molar refractivity (Wildman–Crippen MR) is 106 cm³/mol. The summed E-state index contributed by atoms with van der Waals surface area (Å²) in [5.41, 5.74) is 2.62. The summed E-state index contributed by atoms with van der Waals surface area (Å²) in [6.07, 6.45) is 0. The number of nitrogens with zero attached hydrogens (tertiary/aromatic N) is 1. The van der Waals surface area contributed by atoms with Gasteiger partial charge in [0, 0.05) is 52.8 Å². The summed E-state index contributed by atoms with van der Waals surface area (Å²) in [6.45, 7) is 3.12. The molecule has 138 valence electrons. The molecule has 1 saturated heterocycles. The van der Waals surface area contributed by atoms with Crippen LogP contribution in [0.4, 0.5) is 0 Å². The highest BCUT2D eigenvalue weighted by atomic mass is 35.5. The summed E-state index contributed by atoms with van der Waals surface area (Å²) < 4.78 is 18.7. The van der Waals surface area contributed by atoms with Crippen molar-refractivity contribution in [3.05, 3.63) is 47.0 Å². The van der Waals surface area contributed by atoms with Crippen molar-refractivity contribution in [1.82, 2.24) is 10.2 Å². The van der Waals surface area contributed by atoms with Crippen molar-refractivity contribution in [2.24, 2.45) is 0 Å². The van der Waals surface area contributed by atoms with E-state index >= 15 is 0 Å². The van der Waals surface area contributed by atoms with Crippen molar-refractivity contribution in [2.75, 3.05) is 32.8 Å². The van der Waals surface area contributed by atoms with Crippen LogP contribution in [-0.2, 0) is 16.6 Å². The zero-order chi connectivity index (χ0) is 18.1. The number of halogens is 1. The molecule has 1 aliphatic rings. The topological polar surface area (TPSA) is 65.7 Å². The molecule has 2 atom stereocenters. The lowest BCUT2D eigenvalue weighted by atomic mass is 10.1. The lowest BCUT2D eigenvalue weighted by molar-refractivity contribution is 0.174. The first-order valence-corrected chi connectivity index (χ1v) is 10.4. The average molecular weight is 393 g/mol. The molecule has 1 aromatic heterocycles. The third kappa shape index (κ3) is 3.66. The van der Waals surface area contributed by atoms with Crippen LogP contribution < -0.4 is 5.32 Å². The zero-order valence-electron chi connectivity index (χ0n) is 14.3. The fraction of sp³-hybridized carbons (Fsp3) is 0.368. The van der Waals surface area contributed by atoms with Gasteiger partial charge in [0.15, 0.2) is 0 Å². The number of nitrogens with one attached hydrogen (secondary N) is 1. The summed E-state index contributed by atoms with van der Waals surface area (Å²) in [5.74, 6) is 0.480. The SMILES string of the molecule is O=S(Cc1ccc2oc3ccc(Cl)cc3c2c1)C1CN(CCO)CCN1. The van der Waals surface area contributed by atoms with Gasteiger partial charge in [-0.15, -0.1) is 0 Å². The van der Waals surface area contributed by atoms with Gasteiger partial charge in [0.1, 0.15) is 11.2 Å². The summed E-state index contributed by atoms with van der Waals surface area (Å²) >= 11 is 6.12. The third-order valence-electron chi connectivity index (χ3n) is 4.76. The Bertz CT molecular complexity index is 957. The Kier molecular flexibility index (Phi) is 5.29. The van der Waals surface area contributed by atoms with Crippen LogP contribution in [0.2, 0.25) is 5.02 Å². The molecule has 5 nitrogen and oxygen atoms in total. The van der Waals surface area contributed by atoms with Crippen LogP contribution in [0.1, 0.15) is 5.56 Å². The molecule has 0 radical (unpaired) electrons. The van der Waals surface area contributed by atoms with Gasteiger partial charge in [-0.1, -0.05) is 17.7 Å². The number of fused-ring (bicyclic) bond motifs is 3. The zero-order valence-corrected chi connectivity index (χ0v) is 15.9. The predicted octanol–water partition coefficient (Wildman–Crippen LogP) is 2.71. The fourth-order valence-electron chi connectivity index (χ4n) is 3.45. The third-order valence-corrected chi connectivity index (χ3v) is 6.57. The minimum absolute atomic E-state index is 0.0819. The van der Waals surface area contributed by atoms with Crippen molar-refractivity contribution < 1.29 is 13.7 Å². The molecule has 0 saturated carbocycles. The molecular formula is C19H21ClN2O3S. The summed E-state index contributed by atoms with van der Waals surface area (Å²) in [4.78, 5) is 2.15. The van der Waals surface area contributed by atoms with Gasteiger partial charge in [0.2, 0.25) is 0 Å². The molecule has 0 bridgehead atoms. The van der Waals surface area contributed by atoms with Gasteiger partial charge in [-0.3, -0.25) is 9.11 Å². The Labute approximate surface area is 159 Å². The molecule has 2 unspecified atom stereocenters. The first-order chi connectivity index (χ1) is 12.6. The average Bonchev–Trinajstić information content (AvgIpc) is 2.99. The standard InChI is InChI=1S/C19H21ClN2O3S/c20-14-2-4-18-16(10-14)15-9-13(1-3-17(15)25-18)12-26(24)19-11-22(7-8-23)6-5-21-19/h1-4,9-10,19,21,23H,5-8,11-12H2. The first-order valence-electron chi connectivity index (χ1n) is 8.68. The number of aliphatic hydroxyl groups excluding tert-OH is 1. The molecule has 7 heteroatoms. The van der Waals surface area contributed by atoms with E-state index in [1.54, 1.807) is 0 Å². The molecule has 2 aromatic carbocycles. The molecule has 1 fully saturated rings. The number of rotatable bonds is 5. The summed E-state index contributed by atoms with van der Waals surface area (Å²) in [7, 11) is -1.04. The number of β-amino-alcohol motifs (C(OH)–C–C–N with tert-alkyl or cyclic N) is 1. The molecule has 2 N–H and O–H groups in total. The van der Waals surface area contributed by atoms with Crippen LogP contribution in [0.15, 0.2) is 40.8 Å². The Balaban J connectivity index is 1.56. The maximum atomic E-state index is 12.8. The van der Waals surface area contributed by atoms with E-state index in [-0.39, 0.29) is 12.0 Å². The molecule has 3 aromatic rings. The largest absolute Gasteiger partial charge is 0.456 e. The van der Waals surface area contributed by atoms with Crippen LogP contribution in [0, 0.1) is 0 Å². The van der Waals surface area contributed by atoms with E-state index in [2.05, 4.69) is 10.2 Å². The molecule has 26 heavy (non-hydrogen) atoms. The van der Waals surface area contributed by atoms with Crippen LogP contribution >= 0.6 is 11.6 Å². The number of benzene rings is 2. The van der Waals surface area contributed by atoms with Crippen molar-refractivity contribution in [3.63, 3.8) is 0 Å². The van der Waals surface area contributed by atoms with Crippen LogP contribution in [0.5, 0.6) is 0 Å². The molecule has 1 aliphatic heterocycles. The summed E-state index contributed by atoms with van der Waals surface area (Å²) in [5, 5.41) is 15.0. The molecular weight excluding hydrogens is 372 g/mol. The van der Waals surface area contributed by atoms with Crippen molar-refractivity contribution in [1.29, 1.82) is 0 Å². The second-order valence-electron chi connectivity index (χ2n) is 6.57. The van der Waals surface area contributed by atoms with E-state index in [1.165, 1.54) is 0 Å². The minimum atomic E-state index is -1.04. The van der Waals surface area contributed by atoms with Gasteiger partial charge in [-0.25, -0.2) is 0 Å². The fourth-order valence-corrected chi connectivity index (χ4v) is 5.01. The molecule has 0 spiro atoms. The van der Waals surface area contributed by atoms with Crippen molar-refractivity contribution in [3.8, 4) is 0 Å². The van der Waals surface area contributed by atoms with Gasteiger partial charge < -0.3 is 14.8 Å². The minimum Gasteiger partial charge on any atom is -0.456 e. The Morgan fingerprint density at radius 2 is 2.00 bits per heavy atom. The van der Waals surface area contributed by atoms with Crippen LogP contribution in [0.3, 0.4) is 0 Å². The van der Waals surface area contributed by atoms with Gasteiger partial charge in [0.25, 0.3) is 0 Å². The van der Waals surface area contributed by atoms with E-state index in [9.17, 15) is 4.21 Å². The van der Waals surface area contributed by atoms with E-state index < -0.39 is 10.8 Å². The van der Waals surface area contributed by atoms with Crippen LogP contribution in [-0.4, -0.2) is 52.4 Å². The number of piperazine rings is 1. The smallest absolute Gasteiger partial charge is 0.135 e. The lowest BCUT2D eigenvalue weighted by Gasteiger charge is -2.32. The quantitative estimate of drug-likeness (QED) is 0.699. The lowest BCUT2D eigenvalue weighted by Crippen LogP contribution is -2.53.